The molecule has 1 fully saturated rings. The van der Waals surface area contributed by atoms with Crippen LogP contribution in [0.3, 0.4) is 0 Å². The van der Waals surface area contributed by atoms with Gasteiger partial charge in [-0.25, -0.2) is 4.79 Å². The van der Waals surface area contributed by atoms with Crippen LogP contribution in [-0.2, 0) is 17.9 Å². The van der Waals surface area contributed by atoms with E-state index < -0.39 is 11.7 Å². The number of aliphatic hydroxyl groups excluding tert-OH is 1. The monoisotopic (exact) mass is 512 g/mol. The summed E-state index contributed by atoms with van der Waals surface area (Å²) < 4.78 is 7.82. The quantitative estimate of drug-likeness (QED) is 0.490. The summed E-state index contributed by atoms with van der Waals surface area (Å²) in [6.07, 6.45) is 1.88. The van der Waals surface area contributed by atoms with Gasteiger partial charge in [0.15, 0.2) is 0 Å². The molecule has 0 radical (unpaired) electrons. The maximum Gasteiger partial charge on any atom is 0.410 e. The zero-order chi connectivity index (χ0) is 23.9. The lowest BCUT2D eigenvalue weighted by atomic mass is 10.0. The smallest absolute Gasteiger partial charge is 0.410 e. The first-order valence-electron chi connectivity index (χ1n) is 11.1. The summed E-state index contributed by atoms with van der Waals surface area (Å²) in [6, 6.07) is 13.4. The number of hydrogen-bond donors (Lipinski definition) is 1. The number of hydrogen-bond acceptors (Lipinski definition) is 4. The molecule has 0 bridgehead atoms. The highest BCUT2D eigenvalue weighted by atomic mass is 79.9. The third-order valence-corrected chi connectivity index (χ3v) is 6.51. The van der Waals surface area contributed by atoms with Gasteiger partial charge >= 0.3 is 6.09 Å². The molecular formula is C26H29BrN2O4. The van der Waals surface area contributed by atoms with Crippen molar-refractivity contribution in [3.8, 4) is 5.69 Å². The first-order chi connectivity index (χ1) is 15.6. The zero-order valence-electron chi connectivity index (χ0n) is 19.4. The summed E-state index contributed by atoms with van der Waals surface area (Å²) in [5.41, 5.74) is 2.26. The summed E-state index contributed by atoms with van der Waals surface area (Å²) in [4.78, 5) is 27.9. The van der Waals surface area contributed by atoms with Gasteiger partial charge in [0.05, 0.1) is 18.8 Å². The van der Waals surface area contributed by atoms with Crippen LogP contribution in [0.25, 0.3) is 16.5 Å². The van der Waals surface area contributed by atoms with E-state index in [0.717, 1.165) is 5.39 Å². The molecule has 3 aromatic rings. The fraction of sp³-hybridized carbons (Fsp3) is 0.385. The molecule has 1 aliphatic rings. The number of halogens is 1. The van der Waals surface area contributed by atoms with Gasteiger partial charge in [0, 0.05) is 28.2 Å². The minimum Gasteiger partial charge on any atom is -0.444 e. The molecule has 33 heavy (non-hydrogen) atoms. The van der Waals surface area contributed by atoms with E-state index in [2.05, 4.69) is 22.0 Å². The molecule has 1 heterocycles. The van der Waals surface area contributed by atoms with Crippen molar-refractivity contribution in [2.24, 2.45) is 0 Å². The first-order valence-corrected chi connectivity index (χ1v) is 11.9. The number of pyridine rings is 1. The van der Waals surface area contributed by atoms with Crippen LogP contribution >= 0.6 is 15.9 Å². The second kappa shape index (κ2) is 8.95. The van der Waals surface area contributed by atoms with E-state index in [1.165, 1.54) is 23.3 Å². The topological polar surface area (TPSA) is 71.8 Å². The third-order valence-electron chi connectivity index (χ3n) is 5.76. The number of aliphatic hydroxyl groups is 1. The number of carbonyl (C=O) groups is 1. The number of nitrogens with zero attached hydrogens (tertiary/aromatic N) is 2. The molecule has 4 rings (SSSR count). The fourth-order valence-corrected chi connectivity index (χ4v) is 4.48. The van der Waals surface area contributed by atoms with Crippen LogP contribution in [0.4, 0.5) is 4.79 Å². The van der Waals surface area contributed by atoms with Gasteiger partial charge in [-0.2, -0.15) is 0 Å². The van der Waals surface area contributed by atoms with Crippen molar-refractivity contribution < 1.29 is 14.6 Å². The van der Waals surface area contributed by atoms with Gasteiger partial charge in [-0.1, -0.05) is 34.1 Å². The van der Waals surface area contributed by atoms with Crippen LogP contribution in [0.2, 0.25) is 0 Å². The average molecular weight is 513 g/mol. The highest BCUT2D eigenvalue weighted by Gasteiger charge is 2.25. The Kier molecular flexibility index (Phi) is 6.38. The Balaban J connectivity index is 1.88. The van der Waals surface area contributed by atoms with Crippen LogP contribution in [-0.4, -0.2) is 33.3 Å². The Morgan fingerprint density at radius 2 is 1.94 bits per heavy atom. The van der Waals surface area contributed by atoms with Crippen molar-refractivity contribution in [3.63, 3.8) is 0 Å². The number of benzene rings is 2. The van der Waals surface area contributed by atoms with Gasteiger partial charge < -0.3 is 14.7 Å². The standard InChI is InChI=1S/C26H29BrN2O4/c1-26(2,3)33-25(32)28(4)14-19-13-18-12-17(16-8-9-16)10-11-20(18)24(31)29(19)23-7-5-6-22(27)21(23)15-30/h5-7,10-13,16,30H,8-9,14-15H2,1-4H3. The summed E-state index contributed by atoms with van der Waals surface area (Å²) in [7, 11) is 1.65. The molecular weight excluding hydrogens is 484 g/mol. The number of carbonyl (C=O) groups excluding carboxylic acids is 1. The Labute approximate surface area is 201 Å². The van der Waals surface area contributed by atoms with Crippen LogP contribution in [0.1, 0.15) is 56.4 Å². The van der Waals surface area contributed by atoms with Gasteiger partial charge in [0.1, 0.15) is 5.60 Å². The lowest BCUT2D eigenvalue weighted by Crippen LogP contribution is -2.35. The van der Waals surface area contributed by atoms with Crippen molar-refractivity contribution in [2.75, 3.05) is 7.05 Å². The van der Waals surface area contributed by atoms with Crippen LogP contribution in [0, 0.1) is 0 Å². The summed E-state index contributed by atoms with van der Waals surface area (Å²) in [6.45, 7) is 5.39. The highest BCUT2D eigenvalue weighted by Crippen LogP contribution is 2.40. The molecule has 2 aromatic carbocycles. The summed E-state index contributed by atoms with van der Waals surface area (Å²) >= 11 is 3.48. The van der Waals surface area contributed by atoms with Crippen molar-refractivity contribution in [3.05, 3.63) is 74.1 Å². The Hall–Kier alpha value is -2.64. The normalized spacial score (nSPS) is 13.9. The molecule has 1 amide bonds. The second-order valence-electron chi connectivity index (χ2n) is 9.63. The molecule has 7 heteroatoms. The first kappa shape index (κ1) is 23.5. The van der Waals surface area contributed by atoms with E-state index in [4.69, 9.17) is 4.74 Å². The summed E-state index contributed by atoms with van der Waals surface area (Å²) in [5, 5.41) is 11.5. The Morgan fingerprint density at radius 1 is 1.21 bits per heavy atom. The molecule has 0 spiro atoms. The molecule has 1 aliphatic carbocycles. The van der Waals surface area contributed by atoms with E-state index >= 15 is 0 Å². The maximum atomic E-state index is 13.7. The number of amides is 1. The zero-order valence-corrected chi connectivity index (χ0v) is 21.0. The lowest BCUT2D eigenvalue weighted by molar-refractivity contribution is 0.0282. The van der Waals surface area contributed by atoms with Crippen molar-refractivity contribution in [2.45, 2.75) is 58.3 Å². The van der Waals surface area contributed by atoms with Gasteiger partial charge in [0.2, 0.25) is 0 Å². The van der Waals surface area contributed by atoms with E-state index in [-0.39, 0.29) is 18.7 Å². The van der Waals surface area contributed by atoms with Gasteiger partial charge in [-0.15, -0.1) is 0 Å². The molecule has 1 saturated carbocycles. The van der Waals surface area contributed by atoms with Crippen molar-refractivity contribution in [1.29, 1.82) is 0 Å². The number of fused-ring (bicyclic) bond motifs is 1. The Morgan fingerprint density at radius 3 is 2.58 bits per heavy atom. The van der Waals surface area contributed by atoms with Crippen LogP contribution in [0.5, 0.6) is 0 Å². The highest BCUT2D eigenvalue weighted by molar-refractivity contribution is 9.10. The molecule has 174 valence electrons. The van der Waals surface area contributed by atoms with E-state index in [1.54, 1.807) is 17.7 Å². The van der Waals surface area contributed by atoms with Crippen LogP contribution in [0.15, 0.2) is 51.7 Å². The SMILES string of the molecule is CN(Cc1cc2cc(C3CC3)ccc2c(=O)n1-c1cccc(Br)c1CO)C(=O)OC(C)(C)C. The van der Waals surface area contributed by atoms with E-state index in [9.17, 15) is 14.7 Å². The molecule has 0 aliphatic heterocycles. The van der Waals surface area contributed by atoms with E-state index in [0.29, 0.717) is 32.7 Å². The van der Waals surface area contributed by atoms with Gasteiger partial charge in [-0.05, 0) is 74.7 Å². The molecule has 0 unspecified atom stereocenters. The Bertz CT molecular complexity index is 1270. The van der Waals surface area contributed by atoms with Crippen LogP contribution < -0.4 is 5.56 Å². The molecule has 0 atom stereocenters. The minimum absolute atomic E-state index is 0.172. The summed E-state index contributed by atoms with van der Waals surface area (Å²) in [5.74, 6) is 0.566. The largest absolute Gasteiger partial charge is 0.444 e. The predicted octanol–water partition coefficient (Wildman–Crippen LogP) is 5.49. The maximum absolute atomic E-state index is 13.7. The number of rotatable bonds is 5. The predicted molar refractivity (Wildman–Crippen MR) is 133 cm³/mol. The van der Waals surface area contributed by atoms with Gasteiger partial charge in [-0.3, -0.25) is 9.36 Å². The van der Waals surface area contributed by atoms with Crippen molar-refractivity contribution >= 4 is 32.8 Å². The molecule has 1 aromatic heterocycles. The minimum atomic E-state index is -0.623. The fourth-order valence-electron chi connectivity index (χ4n) is 4.00. The molecule has 6 nitrogen and oxygen atoms in total. The van der Waals surface area contributed by atoms with Crippen molar-refractivity contribution in [1.82, 2.24) is 9.47 Å². The van der Waals surface area contributed by atoms with E-state index in [1.807, 2.05) is 51.1 Å². The molecule has 1 N–H and O–H groups in total. The number of ether oxygens (including phenoxy) is 1. The lowest BCUT2D eigenvalue weighted by Gasteiger charge is -2.26. The number of aromatic nitrogens is 1. The second-order valence-corrected chi connectivity index (χ2v) is 10.5. The molecule has 0 saturated heterocycles. The average Bonchev–Trinajstić information content (AvgIpc) is 3.57. The van der Waals surface area contributed by atoms with Gasteiger partial charge in [0.25, 0.3) is 5.56 Å². The third kappa shape index (κ3) is 4.99.